The minimum atomic E-state index is -5.37. The topological polar surface area (TPSA) is 29.5 Å². The quantitative estimate of drug-likeness (QED) is 0.312. The molecule has 0 unspecified atom stereocenters. The highest BCUT2D eigenvalue weighted by Crippen LogP contribution is 2.48. The van der Waals surface area contributed by atoms with E-state index in [2.05, 4.69) is 11.6 Å². The lowest BCUT2D eigenvalue weighted by Gasteiger charge is -2.42. The SMILES string of the molecule is CC(C)CO[C@H]1C[C@@H](c2ccccc2)C=C(C(F)(F)Cl)N1[S@@](=O)C(F)(F)C(F)(F)Cl. The maximum Gasteiger partial charge on any atom is 0.415 e. The predicted octanol–water partition coefficient (Wildman–Crippen LogP) is 6.28. The lowest BCUT2D eigenvalue weighted by atomic mass is 9.91. The van der Waals surface area contributed by atoms with Crippen LogP contribution in [0.15, 0.2) is 42.1 Å². The molecule has 0 bridgehead atoms. The summed E-state index contributed by atoms with van der Waals surface area (Å²) in [6.45, 7) is 3.31. The molecule has 2 rings (SSSR count). The van der Waals surface area contributed by atoms with E-state index >= 15 is 0 Å². The fourth-order valence-corrected chi connectivity index (χ4v) is 4.37. The second-order valence-electron chi connectivity index (χ2n) is 7.07. The van der Waals surface area contributed by atoms with Crippen molar-refractivity contribution < 1.29 is 35.3 Å². The third-order valence-corrected chi connectivity index (χ3v) is 6.21. The number of allylic oxidation sites excluding steroid dienone is 2. The van der Waals surface area contributed by atoms with Crippen LogP contribution in [-0.4, -0.2) is 37.4 Å². The Morgan fingerprint density at radius 1 is 1.13 bits per heavy atom. The van der Waals surface area contributed by atoms with Crippen molar-refractivity contribution in [3.63, 3.8) is 0 Å². The molecule has 0 saturated heterocycles. The molecule has 1 aromatic rings. The van der Waals surface area contributed by atoms with Crippen molar-refractivity contribution >= 4 is 34.2 Å². The molecular weight excluding hydrogens is 479 g/mol. The molecule has 0 spiro atoms. The Balaban J connectivity index is 2.59. The maximum absolute atomic E-state index is 14.2. The van der Waals surface area contributed by atoms with E-state index in [0.717, 1.165) is 6.08 Å². The van der Waals surface area contributed by atoms with Gasteiger partial charge in [0.1, 0.15) is 11.9 Å². The average molecular weight is 498 g/mol. The standard InChI is InChI=1S/C18H19Cl2F6NO2S/c1-11(2)10-29-15-9-13(12-6-4-3-5-7-12)8-14(16(19,21)22)27(15)30(28)18(25,26)17(20,23)24/h3-8,11,13,15H,9-10H2,1-2H3/t13-,15-,30-/m0/s1. The zero-order valence-corrected chi connectivity index (χ0v) is 18.1. The van der Waals surface area contributed by atoms with Crippen molar-refractivity contribution in [1.29, 1.82) is 0 Å². The van der Waals surface area contributed by atoms with E-state index in [0.29, 0.717) is 5.56 Å². The average Bonchev–Trinajstić information content (AvgIpc) is 2.64. The van der Waals surface area contributed by atoms with Gasteiger partial charge in [-0.3, -0.25) is 4.31 Å². The number of benzene rings is 1. The van der Waals surface area contributed by atoms with Crippen LogP contribution in [0.4, 0.5) is 26.3 Å². The minimum absolute atomic E-state index is 0.0922. The Bertz CT molecular complexity index is 783. The minimum Gasteiger partial charge on any atom is -0.357 e. The molecule has 3 atom stereocenters. The fraction of sp³-hybridized carbons (Fsp3) is 0.556. The van der Waals surface area contributed by atoms with Gasteiger partial charge in [-0.25, -0.2) is 4.21 Å². The van der Waals surface area contributed by atoms with Crippen molar-refractivity contribution in [3.05, 3.63) is 47.7 Å². The van der Waals surface area contributed by atoms with E-state index in [9.17, 15) is 30.6 Å². The summed E-state index contributed by atoms with van der Waals surface area (Å²) < 4.78 is 101. The number of hydrogen-bond acceptors (Lipinski definition) is 2. The van der Waals surface area contributed by atoms with Gasteiger partial charge in [0.2, 0.25) is 11.0 Å². The first-order valence-corrected chi connectivity index (χ1v) is 10.6. The molecule has 1 heterocycles. The Kier molecular flexibility index (Phi) is 7.81. The van der Waals surface area contributed by atoms with Crippen LogP contribution in [0.25, 0.3) is 0 Å². The molecule has 0 amide bonds. The van der Waals surface area contributed by atoms with Gasteiger partial charge in [0.25, 0.3) is 0 Å². The predicted molar refractivity (Wildman–Crippen MR) is 103 cm³/mol. The first-order chi connectivity index (χ1) is 13.7. The van der Waals surface area contributed by atoms with Gasteiger partial charge in [-0.05, 0) is 40.8 Å². The molecule has 1 aromatic carbocycles. The van der Waals surface area contributed by atoms with Gasteiger partial charge in [0.05, 0.1) is 6.61 Å². The molecule has 0 radical (unpaired) electrons. The number of alkyl halides is 8. The lowest BCUT2D eigenvalue weighted by molar-refractivity contribution is -0.102. The number of hydrogen-bond donors (Lipinski definition) is 0. The van der Waals surface area contributed by atoms with Crippen LogP contribution in [0.2, 0.25) is 0 Å². The van der Waals surface area contributed by atoms with Gasteiger partial charge in [-0.1, -0.05) is 44.2 Å². The van der Waals surface area contributed by atoms with Gasteiger partial charge in [0.15, 0.2) is 0 Å². The lowest BCUT2D eigenvalue weighted by Crippen LogP contribution is -2.54. The Morgan fingerprint density at radius 2 is 1.70 bits per heavy atom. The molecule has 1 aliphatic rings. The molecule has 0 aromatic heterocycles. The normalized spacial score (nSPS) is 22.2. The van der Waals surface area contributed by atoms with E-state index < -0.39 is 44.8 Å². The highest BCUT2D eigenvalue weighted by molar-refractivity contribution is 7.84. The molecule has 1 aliphatic heterocycles. The van der Waals surface area contributed by atoms with Crippen molar-refractivity contribution in [2.24, 2.45) is 5.92 Å². The maximum atomic E-state index is 14.2. The molecular formula is C18H19Cl2F6NO2S. The largest absolute Gasteiger partial charge is 0.415 e. The summed E-state index contributed by atoms with van der Waals surface area (Å²) in [6.07, 6.45) is -1.02. The van der Waals surface area contributed by atoms with Gasteiger partial charge in [-0.15, -0.1) is 0 Å². The van der Waals surface area contributed by atoms with E-state index in [4.69, 9.17) is 16.3 Å². The van der Waals surface area contributed by atoms with E-state index in [-0.39, 0.29) is 23.3 Å². The van der Waals surface area contributed by atoms with Crippen LogP contribution >= 0.6 is 23.2 Å². The first kappa shape index (κ1) is 25.3. The van der Waals surface area contributed by atoms with Gasteiger partial charge < -0.3 is 4.74 Å². The Hall–Kier alpha value is -0.970. The number of ether oxygens (including phenoxy) is 1. The summed E-state index contributed by atoms with van der Waals surface area (Å²) in [6, 6.07) is 8.18. The molecule has 0 aliphatic carbocycles. The molecule has 0 fully saturated rings. The summed E-state index contributed by atoms with van der Waals surface area (Å²) in [7, 11) is -4.02. The zero-order chi connectivity index (χ0) is 22.9. The summed E-state index contributed by atoms with van der Waals surface area (Å²) in [5.41, 5.74) is -0.786. The third-order valence-electron chi connectivity index (χ3n) is 4.18. The first-order valence-electron chi connectivity index (χ1n) is 8.77. The van der Waals surface area contributed by atoms with Crippen LogP contribution in [0.3, 0.4) is 0 Å². The van der Waals surface area contributed by atoms with E-state index in [1.165, 1.54) is 0 Å². The second kappa shape index (κ2) is 9.26. The number of halogens is 8. The molecule has 0 N–H and O–H groups in total. The van der Waals surface area contributed by atoms with Gasteiger partial charge in [-0.2, -0.15) is 26.3 Å². The number of rotatable bonds is 8. The molecule has 3 nitrogen and oxygen atoms in total. The molecule has 12 heteroatoms. The van der Waals surface area contributed by atoms with Crippen LogP contribution in [-0.2, 0) is 15.7 Å². The molecule has 170 valence electrons. The van der Waals surface area contributed by atoms with Crippen molar-refractivity contribution in [2.75, 3.05) is 6.61 Å². The zero-order valence-electron chi connectivity index (χ0n) is 15.8. The summed E-state index contributed by atoms with van der Waals surface area (Å²) in [5, 5.41) is -14.9. The van der Waals surface area contributed by atoms with E-state index in [1.54, 1.807) is 44.2 Å². The van der Waals surface area contributed by atoms with Gasteiger partial charge in [0, 0.05) is 12.3 Å². The Labute approximate surface area is 182 Å². The van der Waals surface area contributed by atoms with Crippen LogP contribution in [0, 0.1) is 5.92 Å². The smallest absolute Gasteiger partial charge is 0.357 e. The summed E-state index contributed by atoms with van der Waals surface area (Å²) in [4.78, 5) is 0. The van der Waals surface area contributed by atoms with Crippen LogP contribution < -0.4 is 0 Å². The highest BCUT2D eigenvalue weighted by atomic mass is 35.5. The summed E-state index contributed by atoms with van der Waals surface area (Å²) in [5.74, 6) is -0.933. The molecule has 30 heavy (non-hydrogen) atoms. The number of nitrogens with zero attached hydrogens (tertiary/aromatic N) is 1. The van der Waals surface area contributed by atoms with E-state index in [1.807, 2.05) is 0 Å². The van der Waals surface area contributed by atoms with Crippen molar-refractivity contribution in [3.8, 4) is 0 Å². The van der Waals surface area contributed by atoms with Gasteiger partial charge >= 0.3 is 16.0 Å². The van der Waals surface area contributed by atoms with Crippen molar-refractivity contribution in [2.45, 2.75) is 48.4 Å². The highest BCUT2D eigenvalue weighted by Gasteiger charge is 2.64. The fourth-order valence-electron chi connectivity index (χ4n) is 2.81. The van der Waals surface area contributed by atoms with Crippen molar-refractivity contribution in [1.82, 2.24) is 4.31 Å². The second-order valence-corrected chi connectivity index (χ2v) is 9.43. The van der Waals surface area contributed by atoms with Crippen LogP contribution in [0.5, 0.6) is 0 Å². The monoisotopic (exact) mass is 497 g/mol. The Morgan fingerprint density at radius 3 is 2.17 bits per heavy atom. The summed E-state index contributed by atoms with van der Waals surface area (Å²) >= 11 is 9.51. The molecule has 0 saturated carbocycles. The van der Waals surface area contributed by atoms with Crippen LogP contribution in [0.1, 0.15) is 31.7 Å². The third kappa shape index (κ3) is 5.63.